The van der Waals surface area contributed by atoms with Crippen molar-refractivity contribution < 1.29 is 9.53 Å². The first-order chi connectivity index (χ1) is 12.9. The molecule has 1 aliphatic rings. The van der Waals surface area contributed by atoms with Crippen molar-refractivity contribution in [2.45, 2.75) is 46.6 Å². The quantitative estimate of drug-likeness (QED) is 0.857. The third kappa shape index (κ3) is 4.96. The van der Waals surface area contributed by atoms with Gasteiger partial charge in [0.2, 0.25) is 5.95 Å². The summed E-state index contributed by atoms with van der Waals surface area (Å²) in [6, 6.07) is 9.42. The molecule has 1 saturated heterocycles. The van der Waals surface area contributed by atoms with Crippen LogP contribution in [0.25, 0.3) is 0 Å². The minimum absolute atomic E-state index is 0.0261. The number of aryl methyl sites for hydroxylation is 1. The largest absolute Gasteiger partial charge is 0.489 e. The van der Waals surface area contributed by atoms with E-state index in [-0.39, 0.29) is 12.0 Å². The van der Waals surface area contributed by atoms with E-state index >= 15 is 0 Å². The van der Waals surface area contributed by atoms with E-state index in [0.717, 1.165) is 36.6 Å². The molecule has 1 atom stereocenters. The maximum absolute atomic E-state index is 12.9. The molecule has 1 aliphatic heterocycles. The standard InChI is InChI=1S/C21H28N4O2/c1-14(2)27-19-10-6-5-9-17(19)23-21-22-16(4)12-18(24-21)20(26)25-11-7-8-15(3)13-25/h5-6,9-10,12,14-15H,7-8,11,13H2,1-4H3,(H,22,23,24). The lowest BCUT2D eigenvalue weighted by molar-refractivity contribution is 0.0677. The van der Waals surface area contributed by atoms with E-state index in [1.807, 2.05) is 49.9 Å². The third-order valence-electron chi connectivity index (χ3n) is 4.51. The molecule has 27 heavy (non-hydrogen) atoms. The topological polar surface area (TPSA) is 67.4 Å². The number of benzene rings is 1. The fourth-order valence-electron chi connectivity index (χ4n) is 3.32. The van der Waals surface area contributed by atoms with Gasteiger partial charge in [-0.05, 0) is 57.7 Å². The fourth-order valence-corrected chi connectivity index (χ4v) is 3.32. The monoisotopic (exact) mass is 368 g/mol. The molecule has 1 aromatic heterocycles. The second kappa shape index (κ2) is 8.37. The molecule has 144 valence electrons. The van der Waals surface area contributed by atoms with Crippen LogP contribution in [0.2, 0.25) is 0 Å². The predicted octanol–water partition coefficient (Wildman–Crippen LogP) is 4.19. The van der Waals surface area contributed by atoms with E-state index in [1.54, 1.807) is 6.07 Å². The predicted molar refractivity (Wildman–Crippen MR) is 107 cm³/mol. The zero-order chi connectivity index (χ0) is 19.4. The summed E-state index contributed by atoms with van der Waals surface area (Å²) < 4.78 is 5.84. The highest BCUT2D eigenvalue weighted by atomic mass is 16.5. The molecule has 3 rings (SSSR count). The first kappa shape index (κ1) is 19.1. The van der Waals surface area contributed by atoms with E-state index in [9.17, 15) is 4.79 Å². The minimum Gasteiger partial charge on any atom is -0.489 e. The Bertz CT molecular complexity index is 807. The van der Waals surface area contributed by atoms with Gasteiger partial charge in [-0.15, -0.1) is 0 Å². The van der Waals surface area contributed by atoms with E-state index in [4.69, 9.17) is 4.74 Å². The van der Waals surface area contributed by atoms with Crippen molar-refractivity contribution >= 4 is 17.5 Å². The van der Waals surface area contributed by atoms with Crippen molar-refractivity contribution in [2.75, 3.05) is 18.4 Å². The number of piperidine rings is 1. The number of rotatable bonds is 5. The zero-order valence-electron chi connectivity index (χ0n) is 16.5. The molecule has 6 nitrogen and oxygen atoms in total. The Labute approximate surface area is 161 Å². The number of likely N-dealkylation sites (tertiary alicyclic amines) is 1. The molecule has 0 radical (unpaired) electrons. The van der Waals surface area contributed by atoms with E-state index in [0.29, 0.717) is 17.6 Å². The third-order valence-corrected chi connectivity index (χ3v) is 4.51. The van der Waals surface area contributed by atoms with Crippen LogP contribution in [0.1, 0.15) is 49.8 Å². The summed E-state index contributed by atoms with van der Waals surface area (Å²) in [6.45, 7) is 9.60. The van der Waals surface area contributed by atoms with Crippen molar-refractivity contribution in [2.24, 2.45) is 5.92 Å². The number of nitrogens with one attached hydrogen (secondary N) is 1. The van der Waals surface area contributed by atoms with Gasteiger partial charge in [0.25, 0.3) is 5.91 Å². The maximum Gasteiger partial charge on any atom is 0.272 e. The Morgan fingerprint density at radius 1 is 1.30 bits per heavy atom. The Kier molecular flexibility index (Phi) is 5.94. The molecule has 0 aliphatic carbocycles. The number of para-hydroxylation sites is 2. The average molecular weight is 368 g/mol. The van der Waals surface area contributed by atoms with Crippen molar-refractivity contribution in [1.29, 1.82) is 0 Å². The second-order valence-electron chi connectivity index (χ2n) is 7.50. The molecule has 2 heterocycles. The molecule has 1 N–H and O–H groups in total. The summed E-state index contributed by atoms with van der Waals surface area (Å²) in [5.41, 5.74) is 1.96. The molecule has 6 heteroatoms. The Morgan fingerprint density at radius 2 is 2.07 bits per heavy atom. The van der Waals surface area contributed by atoms with Gasteiger partial charge in [0.05, 0.1) is 11.8 Å². The number of nitrogens with zero attached hydrogens (tertiary/aromatic N) is 3. The summed E-state index contributed by atoms with van der Waals surface area (Å²) in [6.07, 6.45) is 2.28. The lowest BCUT2D eigenvalue weighted by Gasteiger charge is -2.30. The molecule has 0 saturated carbocycles. The van der Waals surface area contributed by atoms with Gasteiger partial charge < -0.3 is 15.0 Å². The van der Waals surface area contributed by atoms with Crippen LogP contribution in [0.4, 0.5) is 11.6 Å². The van der Waals surface area contributed by atoms with Gasteiger partial charge in [-0.1, -0.05) is 19.1 Å². The number of anilines is 2. The average Bonchev–Trinajstić information content (AvgIpc) is 2.62. The molecule has 0 spiro atoms. The van der Waals surface area contributed by atoms with E-state index < -0.39 is 0 Å². The van der Waals surface area contributed by atoms with E-state index in [1.165, 1.54) is 6.42 Å². The van der Waals surface area contributed by atoms with Crippen LogP contribution in [-0.2, 0) is 0 Å². The van der Waals surface area contributed by atoms with Gasteiger partial charge in [0.15, 0.2) is 0 Å². The first-order valence-electron chi connectivity index (χ1n) is 9.60. The number of hydrogen-bond acceptors (Lipinski definition) is 5. The number of ether oxygens (including phenoxy) is 1. The van der Waals surface area contributed by atoms with Crippen molar-refractivity contribution in [3.63, 3.8) is 0 Å². The Hall–Kier alpha value is -2.63. The number of carbonyl (C=O) groups excluding carboxylic acids is 1. The number of aromatic nitrogens is 2. The van der Waals surface area contributed by atoms with Gasteiger partial charge in [-0.25, -0.2) is 9.97 Å². The highest BCUT2D eigenvalue weighted by Crippen LogP contribution is 2.27. The molecule has 1 amide bonds. The Balaban J connectivity index is 1.83. The SMILES string of the molecule is Cc1cc(C(=O)N2CCCC(C)C2)nc(Nc2ccccc2OC(C)C)n1. The molecule has 2 aromatic rings. The van der Waals surface area contributed by atoms with Crippen LogP contribution in [0.5, 0.6) is 5.75 Å². The molecular weight excluding hydrogens is 340 g/mol. The van der Waals surface area contributed by atoms with Crippen LogP contribution in [-0.4, -0.2) is 40.0 Å². The second-order valence-corrected chi connectivity index (χ2v) is 7.50. The first-order valence-corrected chi connectivity index (χ1v) is 9.60. The van der Waals surface area contributed by atoms with Crippen molar-refractivity contribution in [3.05, 3.63) is 41.7 Å². The molecule has 1 aromatic carbocycles. The molecule has 0 bridgehead atoms. The van der Waals surface area contributed by atoms with Crippen LogP contribution in [0.15, 0.2) is 30.3 Å². The smallest absolute Gasteiger partial charge is 0.272 e. The lowest BCUT2D eigenvalue weighted by atomic mass is 10.00. The highest BCUT2D eigenvalue weighted by Gasteiger charge is 2.23. The number of amides is 1. The Morgan fingerprint density at radius 3 is 2.81 bits per heavy atom. The summed E-state index contributed by atoms with van der Waals surface area (Å²) in [4.78, 5) is 23.7. The van der Waals surface area contributed by atoms with Gasteiger partial charge in [0, 0.05) is 18.8 Å². The van der Waals surface area contributed by atoms with Gasteiger partial charge >= 0.3 is 0 Å². The van der Waals surface area contributed by atoms with Crippen molar-refractivity contribution in [1.82, 2.24) is 14.9 Å². The van der Waals surface area contributed by atoms with Gasteiger partial charge in [0.1, 0.15) is 11.4 Å². The van der Waals surface area contributed by atoms with Crippen LogP contribution in [0.3, 0.4) is 0 Å². The lowest BCUT2D eigenvalue weighted by Crippen LogP contribution is -2.39. The minimum atomic E-state index is -0.0261. The zero-order valence-corrected chi connectivity index (χ0v) is 16.5. The maximum atomic E-state index is 12.9. The van der Waals surface area contributed by atoms with Gasteiger partial charge in [-0.3, -0.25) is 4.79 Å². The molecule has 1 unspecified atom stereocenters. The number of carbonyl (C=O) groups is 1. The number of hydrogen-bond donors (Lipinski definition) is 1. The van der Waals surface area contributed by atoms with Gasteiger partial charge in [-0.2, -0.15) is 0 Å². The fraction of sp³-hybridized carbons (Fsp3) is 0.476. The summed E-state index contributed by atoms with van der Waals surface area (Å²) in [7, 11) is 0. The van der Waals surface area contributed by atoms with Crippen LogP contribution >= 0.6 is 0 Å². The summed E-state index contributed by atoms with van der Waals surface area (Å²) in [5.74, 6) is 1.64. The van der Waals surface area contributed by atoms with Crippen LogP contribution in [0, 0.1) is 12.8 Å². The highest BCUT2D eigenvalue weighted by molar-refractivity contribution is 5.92. The molecule has 1 fully saturated rings. The summed E-state index contributed by atoms with van der Waals surface area (Å²) in [5, 5.41) is 3.21. The van der Waals surface area contributed by atoms with Crippen molar-refractivity contribution in [3.8, 4) is 5.75 Å². The van der Waals surface area contributed by atoms with E-state index in [2.05, 4.69) is 22.2 Å². The normalized spacial score (nSPS) is 17.1. The summed E-state index contributed by atoms with van der Waals surface area (Å²) >= 11 is 0. The molecular formula is C21H28N4O2. The van der Waals surface area contributed by atoms with Crippen LogP contribution < -0.4 is 10.1 Å².